The molecule has 2 aromatic rings. The van der Waals surface area contributed by atoms with Gasteiger partial charge in [-0.3, -0.25) is 4.98 Å². The van der Waals surface area contributed by atoms with E-state index in [-0.39, 0.29) is 16.5 Å². The maximum atomic E-state index is 13.6. The summed E-state index contributed by atoms with van der Waals surface area (Å²) in [6.45, 7) is 1.66. The maximum Gasteiger partial charge on any atom is 0.355 e. The first-order valence-corrected chi connectivity index (χ1v) is 9.53. The van der Waals surface area contributed by atoms with Crippen LogP contribution in [0.15, 0.2) is 66.8 Å². The Balaban J connectivity index is 1.79. The maximum absolute atomic E-state index is 13.6. The second-order valence-corrected chi connectivity index (χ2v) is 7.06. The fraction of sp³-hybridized carbons (Fsp3) is 0.273. The molecule has 2 atom stereocenters. The molecule has 0 saturated carbocycles. The summed E-state index contributed by atoms with van der Waals surface area (Å²) in [5.41, 5.74) is 7.94. The smallest absolute Gasteiger partial charge is 0.355 e. The number of amides is 1. The normalized spacial score (nSPS) is 23.5. The van der Waals surface area contributed by atoms with Gasteiger partial charge in [0.15, 0.2) is 11.5 Å². The monoisotopic (exact) mass is 394 g/mol. The van der Waals surface area contributed by atoms with Gasteiger partial charge < -0.3 is 19.9 Å². The highest BCUT2D eigenvalue weighted by atomic mass is 16.6. The van der Waals surface area contributed by atoms with E-state index in [4.69, 9.17) is 19.9 Å². The molecule has 150 valence electrons. The third-order valence-corrected chi connectivity index (χ3v) is 5.15. The van der Waals surface area contributed by atoms with Gasteiger partial charge in [-0.15, -0.1) is 0 Å². The lowest BCUT2D eigenvalue weighted by molar-refractivity contribution is 0.0836. The van der Waals surface area contributed by atoms with E-state index in [1.807, 2.05) is 30.4 Å². The fourth-order valence-corrected chi connectivity index (χ4v) is 3.66. The number of allylic oxidation sites excluding steroid dienone is 1. The lowest BCUT2D eigenvalue weighted by atomic mass is 10.1. The Bertz CT molecular complexity index is 952. The number of methoxy groups -OCH3 is 1. The fourth-order valence-electron chi connectivity index (χ4n) is 3.66. The second kappa shape index (κ2) is 8.06. The summed E-state index contributed by atoms with van der Waals surface area (Å²) in [6, 6.07) is 8.98. The third-order valence-electron chi connectivity index (χ3n) is 5.15. The number of ether oxygens (including phenoxy) is 3. The molecular weight excluding hydrogens is 370 g/mol. The molecule has 1 amide bonds. The molecule has 2 aliphatic rings. The zero-order chi connectivity index (χ0) is 20.3. The number of nitrogens with zero attached hydrogens (tertiary/aromatic N) is 2. The van der Waals surface area contributed by atoms with Crippen LogP contribution in [0.4, 0.5) is 5.69 Å². The van der Waals surface area contributed by atoms with Crippen molar-refractivity contribution in [1.29, 1.82) is 0 Å². The number of nitrogens with two attached hydrogens (primary N) is 1. The van der Waals surface area contributed by atoms with Crippen molar-refractivity contribution in [1.82, 2.24) is 9.47 Å². The number of benzene rings is 1. The van der Waals surface area contributed by atoms with Crippen LogP contribution in [-0.4, -0.2) is 43.9 Å². The van der Waals surface area contributed by atoms with E-state index in [9.17, 15) is 4.79 Å². The highest BCUT2D eigenvalue weighted by Gasteiger charge is 2.40. The summed E-state index contributed by atoms with van der Waals surface area (Å²) in [5.74, 6) is 1.10. The molecule has 0 aliphatic carbocycles. The molecule has 2 aliphatic heterocycles. The van der Waals surface area contributed by atoms with Gasteiger partial charge in [-0.25, -0.2) is 4.79 Å². The van der Waals surface area contributed by atoms with E-state index < -0.39 is 0 Å². The van der Waals surface area contributed by atoms with Gasteiger partial charge in [0.1, 0.15) is 24.5 Å². The van der Waals surface area contributed by atoms with Crippen LogP contribution >= 0.6 is 0 Å². The summed E-state index contributed by atoms with van der Waals surface area (Å²) in [6.07, 6.45) is 9.49. The quantitative estimate of drug-likeness (QED) is 0.785. The van der Waals surface area contributed by atoms with Crippen LogP contribution in [0, 0.1) is 0 Å². The number of hydrogen-bond donors (Lipinski definition) is 1. The molecule has 3 heterocycles. The number of quaternary nitrogens is 1. The van der Waals surface area contributed by atoms with Gasteiger partial charge in [0.2, 0.25) is 0 Å². The molecule has 0 radical (unpaired) electrons. The number of carbonyl (C=O) groups excluding carboxylic acids is 1. The van der Waals surface area contributed by atoms with Gasteiger partial charge in [-0.05, 0) is 30.4 Å². The molecular formula is C22H24N3O4+. The summed E-state index contributed by atoms with van der Waals surface area (Å²) in [4.78, 5) is 17.6. The van der Waals surface area contributed by atoms with E-state index in [0.717, 1.165) is 12.1 Å². The van der Waals surface area contributed by atoms with E-state index in [1.165, 1.54) is 0 Å². The highest BCUT2D eigenvalue weighted by molar-refractivity contribution is 6.03. The van der Waals surface area contributed by atoms with Crippen LogP contribution in [0.3, 0.4) is 0 Å². The molecule has 4 rings (SSSR count). The van der Waals surface area contributed by atoms with E-state index in [2.05, 4.69) is 4.98 Å². The highest BCUT2D eigenvalue weighted by Crippen LogP contribution is 2.38. The summed E-state index contributed by atoms with van der Waals surface area (Å²) in [7, 11) is 1.60. The Labute approximate surface area is 169 Å². The molecule has 2 N–H and O–H groups in total. The summed E-state index contributed by atoms with van der Waals surface area (Å²) < 4.78 is 17.0. The minimum atomic E-state index is -0.0972. The SMILES string of the molecule is COc1ccc([N+]2(C(=O)c3ccncc3)C=C(N)C=CC2)cc1O[C@@H]1CCOC1. The predicted molar refractivity (Wildman–Crippen MR) is 109 cm³/mol. The lowest BCUT2D eigenvalue weighted by Gasteiger charge is -2.33. The molecule has 7 heteroatoms. The first-order valence-electron chi connectivity index (χ1n) is 9.53. The number of pyridine rings is 1. The topological polar surface area (TPSA) is 83.7 Å². The Morgan fingerprint density at radius 1 is 1.24 bits per heavy atom. The molecule has 1 unspecified atom stereocenters. The lowest BCUT2D eigenvalue weighted by Crippen LogP contribution is -2.51. The zero-order valence-corrected chi connectivity index (χ0v) is 16.3. The van der Waals surface area contributed by atoms with Crippen molar-refractivity contribution in [3.05, 3.63) is 72.3 Å². The van der Waals surface area contributed by atoms with Crippen LogP contribution in [0.1, 0.15) is 16.8 Å². The summed E-state index contributed by atoms with van der Waals surface area (Å²) in [5, 5.41) is 0. The van der Waals surface area contributed by atoms with E-state index >= 15 is 0 Å². The van der Waals surface area contributed by atoms with Crippen LogP contribution in [0.5, 0.6) is 11.5 Å². The molecule has 29 heavy (non-hydrogen) atoms. The van der Waals surface area contributed by atoms with Crippen LogP contribution in [0.2, 0.25) is 0 Å². The number of hydrogen-bond acceptors (Lipinski definition) is 6. The molecule has 1 fully saturated rings. The summed E-state index contributed by atoms with van der Waals surface area (Å²) >= 11 is 0. The van der Waals surface area contributed by atoms with Crippen molar-refractivity contribution in [3.8, 4) is 11.5 Å². The second-order valence-electron chi connectivity index (χ2n) is 7.06. The molecule has 0 bridgehead atoms. The van der Waals surface area contributed by atoms with Crippen LogP contribution in [-0.2, 0) is 4.74 Å². The van der Waals surface area contributed by atoms with Gasteiger partial charge in [0.05, 0.1) is 31.6 Å². The average Bonchev–Trinajstić information content (AvgIpc) is 3.27. The van der Waals surface area contributed by atoms with Crippen molar-refractivity contribution >= 4 is 11.6 Å². The van der Waals surface area contributed by atoms with E-state index in [1.54, 1.807) is 37.8 Å². The largest absolute Gasteiger partial charge is 0.493 e. The Kier molecular flexibility index (Phi) is 5.33. The number of carbonyl (C=O) groups is 1. The van der Waals surface area contributed by atoms with Gasteiger partial charge in [-0.1, -0.05) is 0 Å². The van der Waals surface area contributed by atoms with Gasteiger partial charge in [-0.2, -0.15) is 4.48 Å². The molecule has 1 saturated heterocycles. The van der Waals surface area contributed by atoms with Crippen LogP contribution in [0.25, 0.3) is 0 Å². The van der Waals surface area contributed by atoms with Crippen molar-refractivity contribution in [3.63, 3.8) is 0 Å². The van der Waals surface area contributed by atoms with Gasteiger partial charge >= 0.3 is 5.91 Å². The van der Waals surface area contributed by atoms with Crippen LogP contribution < -0.4 is 19.7 Å². The molecule has 1 aromatic carbocycles. The van der Waals surface area contributed by atoms with Crippen molar-refractivity contribution in [2.24, 2.45) is 5.73 Å². The van der Waals surface area contributed by atoms with E-state index in [0.29, 0.717) is 42.5 Å². The Hall–Kier alpha value is -3.16. The van der Waals surface area contributed by atoms with Gasteiger partial charge in [0.25, 0.3) is 0 Å². The molecule has 7 nitrogen and oxygen atoms in total. The van der Waals surface area contributed by atoms with Gasteiger partial charge in [0, 0.05) is 30.9 Å². The standard InChI is InChI=1S/C22H24N3O4/c1-27-20-5-4-18(13-21(20)29-19-8-12-28-15-19)25(11-2-3-17(23)14-25)22(26)16-6-9-24-10-7-16/h2-7,9-10,13-14,19H,8,11-12,15,23H2,1H3/q+1/t19-,25?/m1/s1. The zero-order valence-electron chi connectivity index (χ0n) is 16.3. The predicted octanol–water partition coefficient (Wildman–Crippen LogP) is 2.78. The Morgan fingerprint density at radius 3 is 2.76 bits per heavy atom. The average molecular weight is 394 g/mol. The van der Waals surface area contributed by atoms with Crippen molar-refractivity contribution in [2.45, 2.75) is 12.5 Å². The first-order chi connectivity index (χ1) is 14.1. The Morgan fingerprint density at radius 2 is 2.07 bits per heavy atom. The first kappa shape index (κ1) is 19.2. The molecule has 0 spiro atoms. The third kappa shape index (κ3) is 3.74. The molecule has 1 aromatic heterocycles. The van der Waals surface area contributed by atoms with Crippen molar-refractivity contribution in [2.75, 3.05) is 26.9 Å². The number of aromatic nitrogens is 1. The number of rotatable bonds is 5. The van der Waals surface area contributed by atoms with Crippen molar-refractivity contribution < 1.29 is 19.0 Å². The minimum absolute atomic E-state index is 0.0367. The minimum Gasteiger partial charge on any atom is -0.493 e.